The van der Waals surface area contributed by atoms with Crippen molar-refractivity contribution in [1.29, 1.82) is 0 Å². The first kappa shape index (κ1) is 18.3. The summed E-state index contributed by atoms with van der Waals surface area (Å²) in [4.78, 5) is 14.6. The van der Waals surface area contributed by atoms with Crippen molar-refractivity contribution >= 4 is 28.9 Å². The predicted octanol–water partition coefficient (Wildman–Crippen LogP) is 7.07. The molecule has 0 spiro atoms. The largest absolute Gasteiger partial charge is 0.354 e. The van der Waals surface area contributed by atoms with Crippen LogP contribution >= 0.6 is 11.8 Å². The number of para-hydroxylation sites is 1. The summed E-state index contributed by atoms with van der Waals surface area (Å²) in [6.45, 7) is 4.47. The molecule has 3 heteroatoms. The van der Waals surface area contributed by atoms with Crippen molar-refractivity contribution < 1.29 is 4.79 Å². The van der Waals surface area contributed by atoms with Gasteiger partial charge in [-0.05, 0) is 35.6 Å². The van der Waals surface area contributed by atoms with Crippen molar-refractivity contribution in [3.8, 4) is 0 Å². The zero-order valence-electron chi connectivity index (χ0n) is 16.6. The lowest BCUT2D eigenvalue weighted by molar-refractivity contribution is 0.103. The monoisotopic (exact) mass is 397 g/mol. The fourth-order valence-corrected chi connectivity index (χ4v) is 5.44. The van der Waals surface area contributed by atoms with Gasteiger partial charge in [0.2, 0.25) is 0 Å². The van der Waals surface area contributed by atoms with Crippen LogP contribution in [0.15, 0.2) is 83.3 Å². The summed E-state index contributed by atoms with van der Waals surface area (Å²) in [6, 6.07) is 25.1. The molecule has 0 saturated heterocycles. The smallest absolute Gasteiger partial charge is 0.193 e. The van der Waals surface area contributed by atoms with Crippen LogP contribution in [0.5, 0.6) is 0 Å². The van der Waals surface area contributed by atoms with Gasteiger partial charge in [-0.2, -0.15) is 0 Å². The van der Waals surface area contributed by atoms with E-state index < -0.39 is 0 Å². The first-order valence-corrected chi connectivity index (χ1v) is 11.1. The van der Waals surface area contributed by atoms with Crippen molar-refractivity contribution in [3.05, 3.63) is 101 Å². The van der Waals surface area contributed by atoms with Gasteiger partial charge < -0.3 is 5.32 Å². The van der Waals surface area contributed by atoms with Gasteiger partial charge in [-0.1, -0.05) is 74.5 Å². The number of nitrogens with one attached hydrogen (secondary N) is 1. The fourth-order valence-electron chi connectivity index (χ4n) is 4.15. The third kappa shape index (κ3) is 3.01. The molecule has 5 rings (SSSR count). The van der Waals surface area contributed by atoms with Crippen LogP contribution in [0.25, 0.3) is 5.70 Å². The summed E-state index contributed by atoms with van der Waals surface area (Å²) >= 11 is 1.76. The Hall–Kier alpha value is -2.78. The molecule has 2 unspecified atom stereocenters. The highest BCUT2D eigenvalue weighted by Crippen LogP contribution is 2.52. The number of hydrogen-bond donors (Lipinski definition) is 1. The number of ketones is 1. The number of hydrogen-bond acceptors (Lipinski definition) is 3. The topological polar surface area (TPSA) is 29.1 Å². The zero-order valence-corrected chi connectivity index (χ0v) is 17.4. The van der Waals surface area contributed by atoms with Crippen LogP contribution in [0.3, 0.4) is 0 Å². The highest BCUT2D eigenvalue weighted by Gasteiger charge is 2.38. The Labute approximate surface area is 176 Å². The molecular formula is C26H23NOS. The molecule has 0 bridgehead atoms. The quantitative estimate of drug-likeness (QED) is 0.512. The molecule has 3 aromatic rings. The molecule has 2 atom stereocenters. The van der Waals surface area contributed by atoms with E-state index >= 15 is 0 Å². The van der Waals surface area contributed by atoms with Gasteiger partial charge in [0.15, 0.2) is 5.78 Å². The minimum atomic E-state index is -0.0352. The number of carbonyl (C=O) groups is 1. The molecule has 1 aliphatic heterocycles. The van der Waals surface area contributed by atoms with E-state index in [0.29, 0.717) is 5.92 Å². The number of rotatable bonds is 3. The normalized spacial score (nSPS) is 18.4. The summed E-state index contributed by atoms with van der Waals surface area (Å²) in [5, 5.41) is 3.55. The predicted molar refractivity (Wildman–Crippen MR) is 122 cm³/mol. The minimum absolute atomic E-state index is 0.0352. The molecule has 1 aliphatic carbocycles. The van der Waals surface area contributed by atoms with E-state index in [2.05, 4.69) is 61.6 Å². The first-order chi connectivity index (χ1) is 14.2. The Morgan fingerprint density at radius 3 is 2.38 bits per heavy atom. The maximum Gasteiger partial charge on any atom is 0.193 e. The van der Waals surface area contributed by atoms with E-state index in [1.165, 1.54) is 16.0 Å². The first-order valence-electron chi connectivity index (χ1n) is 10.2. The SMILES string of the molecule is CCC(C)c1ccc(C2Sc3ccccc3NC3=C2C(=O)c2ccccc23)cc1. The van der Waals surface area contributed by atoms with Crippen molar-refractivity contribution in [1.82, 2.24) is 0 Å². The molecule has 0 radical (unpaired) electrons. The number of benzene rings is 3. The molecule has 29 heavy (non-hydrogen) atoms. The summed E-state index contributed by atoms with van der Waals surface area (Å²) in [7, 11) is 0. The van der Waals surface area contributed by atoms with Crippen LogP contribution in [0.1, 0.15) is 58.5 Å². The fraction of sp³-hybridized carbons (Fsp3) is 0.192. The van der Waals surface area contributed by atoms with Gasteiger partial charge in [0, 0.05) is 21.6 Å². The third-order valence-corrected chi connectivity index (χ3v) is 7.38. The van der Waals surface area contributed by atoms with E-state index in [9.17, 15) is 4.79 Å². The molecule has 0 fully saturated rings. The second kappa shape index (κ2) is 7.23. The van der Waals surface area contributed by atoms with E-state index in [0.717, 1.165) is 34.5 Å². The standard InChI is InChI=1S/C26H23NOS/c1-3-16(2)17-12-14-18(15-13-17)26-23-24(19-8-4-5-9-20(19)25(23)28)27-21-10-6-7-11-22(21)29-26/h4-16,26-27H,3H2,1-2H3. The second-order valence-corrected chi connectivity index (χ2v) is 8.91. The lowest BCUT2D eigenvalue weighted by atomic mass is 9.95. The minimum Gasteiger partial charge on any atom is -0.354 e. The Morgan fingerprint density at radius 2 is 1.62 bits per heavy atom. The van der Waals surface area contributed by atoms with Gasteiger partial charge in [0.05, 0.1) is 16.6 Å². The molecule has 2 nitrogen and oxygen atoms in total. The molecule has 0 aromatic heterocycles. The van der Waals surface area contributed by atoms with Crippen LogP contribution in [0, 0.1) is 0 Å². The Kier molecular flexibility index (Phi) is 4.56. The van der Waals surface area contributed by atoms with Gasteiger partial charge >= 0.3 is 0 Å². The molecule has 1 heterocycles. The molecule has 0 amide bonds. The van der Waals surface area contributed by atoms with Crippen LogP contribution in [0.2, 0.25) is 0 Å². The van der Waals surface area contributed by atoms with Gasteiger partial charge in [0.25, 0.3) is 0 Å². The van der Waals surface area contributed by atoms with Crippen LogP contribution in [0.4, 0.5) is 5.69 Å². The number of carbonyl (C=O) groups excluding carboxylic acids is 1. The maximum atomic E-state index is 13.4. The highest BCUT2D eigenvalue weighted by molar-refractivity contribution is 8.00. The summed E-state index contributed by atoms with van der Waals surface area (Å²) in [5.74, 6) is 0.680. The van der Waals surface area contributed by atoms with Gasteiger partial charge in [-0.3, -0.25) is 4.79 Å². The van der Waals surface area contributed by atoms with E-state index in [4.69, 9.17) is 0 Å². The lowest BCUT2D eigenvalue weighted by Crippen LogP contribution is -2.07. The number of thioether (sulfide) groups is 1. The van der Waals surface area contributed by atoms with E-state index in [-0.39, 0.29) is 11.0 Å². The van der Waals surface area contributed by atoms with Gasteiger partial charge in [-0.25, -0.2) is 0 Å². The third-order valence-electron chi connectivity index (χ3n) is 6.03. The molecule has 3 aromatic carbocycles. The van der Waals surface area contributed by atoms with Crippen molar-refractivity contribution in [3.63, 3.8) is 0 Å². The van der Waals surface area contributed by atoms with Crippen molar-refractivity contribution in [2.75, 3.05) is 5.32 Å². The second-order valence-electron chi connectivity index (χ2n) is 7.76. The van der Waals surface area contributed by atoms with E-state index in [1.54, 1.807) is 11.8 Å². The molecule has 0 saturated carbocycles. The Bertz CT molecular complexity index is 1130. The zero-order chi connectivity index (χ0) is 20.0. The van der Waals surface area contributed by atoms with Crippen molar-refractivity contribution in [2.24, 2.45) is 0 Å². The van der Waals surface area contributed by atoms with Crippen LogP contribution in [-0.4, -0.2) is 5.78 Å². The summed E-state index contributed by atoms with van der Waals surface area (Å²) < 4.78 is 0. The van der Waals surface area contributed by atoms with E-state index in [1.807, 2.05) is 30.3 Å². The number of anilines is 1. The van der Waals surface area contributed by atoms with Crippen LogP contribution < -0.4 is 5.32 Å². The molecule has 2 aliphatic rings. The van der Waals surface area contributed by atoms with Gasteiger partial charge in [-0.15, -0.1) is 11.8 Å². The lowest BCUT2D eigenvalue weighted by Gasteiger charge is -2.18. The molecular weight excluding hydrogens is 374 g/mol. The Morgan fingerprint density at radius 1 is 0.931 bits per heavy atom. The van der Waals surface area contributed by atoms with Crippen LogP contribution in [-0.2, 0) is 0 Å². The highest BCUT2D eigenvalue weighted by atomic mass is 32.2. The molecule has 1 N–H and O–H groups in total. The maximum absolute atomic E-state index is 13.4. The average molecular weight is 398 g/mol. The molecule has 144 valence electrons. The van der Waals surface area contributed by atoms with Gasteiger partial charge in [0.1, 0.15) is 0 Å². The Balaban J connectivity index is 1.66. The number of fused-ring (bicyclic) bond motifs is 3. The average Bonchev–Trinajstić information content (AvgIpc) is 2.94. The number of Topliss-reactive ketones (excluding diaryl/α,β-unsaturated/α-hetero) is 1. The summed E-state index contributed by atoms with van der Waals surface area (Å²) in [6.07, 6.45) is 1.12. The summed E-state index contributed by atoms with van der Waals surface area (Å²) in [5.41, 5.74) is 7.21. The van der Waals surface area contributed by atoms with Crippen molar-refractivity contribution in [2.45, 2.75) is 36.3 Å².